The Bertz CT molecular complexity index is 1080. The van der Waals surface area contributed by atoms with E-state index in [9.17, 15) is 14.0 Å². The number of aryl methyl sites for hydroxylation is 1. The van der Waals surface area contributed by atoms with Crippen LogP contribution in [0, 0.1) is 12.7 Å². The minimum absolute atomic E-state index is 0.00112. The molecule has 3 aromatic carbocycles. The topological polar surface area (TPSA) is 49.4 Å². The van der Waals surface area contributed by atoms with Crippen molar-refractivity contribution in [2.45, 2.75) is 58.7 Å². The van der Waals surface area contributed by atoms with Gasteiger partial charge in [-0.15, -0.1) is 0 Å². The Morgan fingerprint density at radius 1 is 0.912 bits per heavy atom. The highest BCUT2D eigenvalue weighted by Gasteiger charge is 2.31. The van der Waals surface area contributed by atoms with Gasteiger partial charge in [0.15, 0.2) is 0 Å². The number of hydrogen-bond acceptors (Lipinski definition) is 2. The molecule has 0 heterocycles. The quantitative estimate of drug-likeness (QED) is 0.450. The highest BCUT2D eigenvalue weighted by Crippen LogP contribution is 2.18. The van der Waals surface area contributed by atoms with Gasteiger partial charge in [-0.2, -0.15) is 0 Å². The van der Waals surface area contributed by atoms with Crippen LogP contribution in [-0.2, 0) is 29.0 Å². The van der Waals surface area contributed by atoms with E-state index in [2.05, 4.69) is 5.32 Å². The van der Waals surface area contributed by atoms with E-state index in [-0.39, 0.29) is 30.1 Å². The van der Waals surface area contributed by atoms with E-state index in [0.717, 1.165) is 23.1 Å². The summed E-state index contributed by atoms with van der Waals surface area (Å²) in [5, 5.41) is 3.07. The Hall–Kier alpha value is -3.47. The van der Waals surface area contributed by atoms with Crippen LogP contribution in [0.4, 0.5) is 4.39 Å². The van der Waals surface area contributed by atoms with Crippen LogP contribution in [0.15, 0.2) is 78.9 Å². The highest BCUT2D eigenvalue weighted by molar-refractivity contribution is 5.89. The Morgan fingerprint density at radius 3 is 2.24 bits per heavy atom. The lowest BCUT2D eigenvalue weighted by molar-refractivity contribution is -0.141. The molecule has 0 aliphatic heterocycles. The molecule has 0 bridgehead atoms. The summed E-state index contributed by atoms with van der Waals surface area (Å²) in [5.74, 6) is -0.686. The lowest BCUT2D eigenvalue weighted by Crippen LogP contribution is -2.52. The van der Waals surface area contributed by atoms with Gasteiger partial charge < -0.3 is 10.2 Å². The number of hydrogen-bond donors (Lipinski definition) is 1. The summed E-state index contributed by atoms with van der Waals surface area (Å²) in [6, 6.07) is 23.0. The Kier molecular flexibility index (Phi) is 8.97. The average molecular weight is 461 g/mol. The van der Waals surface area contributed by atoms with Crippen LogP contribution >= 0.6 is 0 Å². The van der Waals surface area contributed by atoms with E-state index < -0.39 is 6.04 Å². The second-order valence-corrected chi connectivity index (χ2v) is 8.84. The third-order valence-electron chi connectivity index (χ3n) is 5.98. The summed E-state index contributed by atoms with van der Waals surface area (Å²) in [7, 11) is 0. The smallest absolute Gasteiger partial charge is 0.243 e. The van der Waals surface area contributed by atoms with Crippen LogP contribution < -0.4 is 5.32 Å². The summed E-state index contributed by atoms with van der Waals surface area (Å²) >= 11 is 0. The monoisotopic (exact) mass is 460 g/mol. The molecule has 1 N–H and O–H groups in total. The van der Waals surface area contributed by atoms with Gasteiger partial charge in [0.25, 0.3) is 0 Å². The van der Waals surface area contributed by atoms with Gasteiger partial charge in [0.05, 0.1) is 6.42 Å². The molecule has 3 rings (SSSR count). The number of carbonyl (C=O) groups excluding carboxylic acids is 2. The molecule has 2 atom stereocenters. The first-order valence-corrected chi connectivity index (χ1v) is 11.8. The number of carbonyl (C=O) groups is 2. The number of rotatable bonds is 10. The molecule has 34 heavy (non-hydrogen) atoms. The summed E-state index contributed by atoms with van der Waals surface area (Å²) in [6.07, 6.45) is 1.29. The van der Waals surface area contributed by atoms with Crippen LogP contribution in [0.1, 0.15) is 42.5 Å². The van der Waals surface area contributed by atoms with Crippen molar-refractivity contribution < 1.29 is 14.0 Å². The van der Waals surface area contributed by atoms with Crippen molar-refractivity contribution in [3.05, 3.63) is 107 Å². The van der Waals surface area contributed by atoms with Gasteiger partial charge in [-0.05, 0) is 49.1 Å². The summed E-state index contributed by atoms with van der Waals surface area (Å²) in [5.41, 5.74) is 3.74. The molecule has 0 saturated carbocycles. The molecule has 0 fully saturated rings. The highest BCUT2D eigenvalue weighted by atomic mass is 19.1. The fraction of sp³-hybridized carbons (Fsp3) is 0.310. The number of nitrogens with zero attached hydrogens (tertiary/aromatic N) is 1. The lowest BCUT2D eigenvalue weighted by Gasteiger charge is -2.32. The van der Waals surface area contributed by atoms with Gasteiger partial charge in [0.2, 0.25) is 11.8 Å². The Labute approximate surface area is 201 Å². The van der Waals surface area contributed by atoms with E-state index in [0.29, 0.717) is 18.5 Å². The van der Waals surface area contributed by atoms with Crippen molar-refractivity contribution in [1.29, 1.82) is 0 Å². The summed E-state index contributed by atoms with van der Waals surface area (Å²) in [4.78, 5) is 28.8. The van der Waals surface area contributed by atoms with Crippen LogP contribution in [-0.4, -0.2) is 28.8 Å². The fourth-order valence-corrected chi connectivity index (χ4v) is 3.88. The fourth-order valence-electron chi connectivity index (χ4n) is 3.88. The van der Waals surface area contributed by atoms with Crippen LogP contribution in [0.2, 0.25) is 0 Å². The summed E-state index contributed by atoms with van der Waals surface area (Å²) in [6.45, 7) is 6.29. The van der Waals surface area contributed by atoms with E-state index in [4.69, 9.17) is 0 Å². The third kappa shape index (κ3) is 7.27. The largest absolute Gasteiger partial charge is 0.352 e. The van der Waals surface area contributed by atoms with E-state index in [1.807, 2.05) is 75.4 Å². The van der Waals surface area contributed by atoms with Crippen LogP contribution in [0.25, 0.3) is 0 Å². The first-order chi connectivity index (χ1) is 16.4. The molecule has 0 aliphatic rings. The molecule has 0 radical (unpaired) electrons. The van der Waals surface area contributed by atoms with Gasteiger partial charge in [-0.1, -0.05) is 79.2 Å². The predicted octanol–water partition coefficient (Wildman–Crippen LogP) is 5.23. The van der Waals surface area contributed by atoms with Crippen molar-refractivity contribution in [3.63, 3.8) is 0 Å². The minimum Gasteiger partial charge on any atom is -0.352 e. The van der Waals surface area contributed by atoms with Crippen molar-refractivity contribution in [3.8, 4) is 0 Å². The lowest BCUT2D eigenvalue weighted by atomic mass is 10.0. The molecule has 2 amide bonds. The van der Waals surface area contributed by atoms with E-state index >= 15 is 0 Å². The second kappa shape index (κ2) is 12.1. The average Bonchev–Trinajstić information content (AvgIpc) is 2.83. The molecule has 0 aliphatic carbocycles. The van der Waals surface area contributed by atoms with Crippen molar-refractivity contribution in [2.24, 2.45) is 0 Å². The maximum atomic E-state index is 13.6. The number of benzene rings is 3. The molecular formula is C29H33FN2O2. The van der Waals surface area contributed by atoms with Gasteiger partial charge in [0, 0.05) is 19.0 Å². The van der Waals surface area contributed by atoms with E-state index in [1.54, 1.807) is 17.0 Å². The molecule has 0 spiro atoms. The molecule has 0 unspecified atom stereocenters. The Morgan fingerprint density at radius 2 is 1.59 bits per heavy atom. The number of halogens is 1. The zero-order valence-corrected chi connectivity index (χ0v) is 20.1. The third-order valence-corrected chi connectivity index (χ3v) is 5.98. The van der Waals surface area contributed by atoms with Crippen molar-refractivity contribution >= 4 is 11.8 Å². The van der Waals surface area contributed by atoms with Gasteiger partial charge in [0.1, 0.15) is 11.9 Å². The van der Waals surface area contributed by atoms with E-state index in [1.165, 1.54) is 12.1 Å². The second-order valence-electron chi connectivity index (χ2n) is 8.84. The molecular weight excluding hydrogens is 427 g/mol. The molecule has 0 saturated heterocycles. The molecule has 4 nitrogen and oxygen atoms in total. The first kappa shape index (κ1) is 25.2. The SMILES string of the molecule is CC[C@H](C)NC(=O)[C@@H](Cc1ccccc1)N(Cc1cccc(C)c1)C(=O)Cc1ccc(F)cc1. The van der Waals surface area contributed by atoms with Crippen molar-refractivity contribution in [2.75, 3.05) is 0 Å². The zero-order valence-electron chi connectivity index (χ0n) is 20.1. The molecule has 3 aromatic rings. The normalized spacial score (nSPS) is 12.6. The summed E-state index contributed by atoms with van der Waals surface area (Å²) < 4.78 is 13.4. The van der Waals surface area contributed by atoms with Crippen LogP contribution in [0.3, 0.4) is 0 Å². The van der Waals surface area contributed by atoms with Gasteiger partial charge in [-0.25, -0.2) is 4.39 Å². The molecule has 5 heteroatoms. The molecule has 0 aromatic heterocycles. The van der Waals surface area contributed by atoms with Gasteiger partial charge in [-0.3, -0.25) is 9.59 Å². The standard InChI is InChI=1S/C29H33FN2O2/c1-4-22(3)31-29(34)27(18-23-10-6-5-7-11-23)32(20-25-12-8-9-21(2)17-25)28(33)19-24-13-15-26(30)16-14-24/h5-17,22,27H,4,18-20H2,1-3H3,(H,31,34)/t22-,27+/m0/s1. The Balaban J connectivity index is 1.96. The van der Waals surface area contributed by atoms with Crippen LogP contribution in [0.5, 0.6) is 0 Å². The van der Waals surface area contributed by atoms with Gasteiger partial charge >= 0.3 is 0 Å². The number of nitrogens with one attached hydrogen (secondary N) is 1. The predicted molar refractivity (Wildman–Crippen MR) is 134 cm³/mol. The molecule has 178 valence electrons. The maximum Gasteiger partial charge on any atom is 0.243 e. The van der Waals surface area contributed by atoms with Crippen molar-refractivity contribution in [1.82, 2.24) is 10.2 Å². The number of amides is 2. The minimum atomic E-state index is -0.676. The maximum absolute atomic E-state index is 13.6. The first-order valence-electron chi connectivity index (χ1n) is 11.8. The zero-order chi connectivity index (χ0) is 24.5.